The Labute approximate surface area is 221 Å². The maximum absolute atomic E-state index is 13.1. The molecule has 0 spiro atoms. The average Bonchev–Trinajstić information content (AvgIpc) is 3.38. The highest BCUT2D eigenvalue weighted by Gasteiger charge is 2.29. The summed E-state index contributed by atoms with van der Waals surface area (Å²) in [6, 6.07) is 11.9. The lowest BCUT2D eigenvalue weighted by Crippen LogP contribution is -2.50. The van der Waals surface area contributed by atoms with Crippen LogP contribution in [0.3, 0.4) is 0 Å². The molecule has 4 heterocycles. The molecule has 1 aliphatic heterocycles. The molecular weight excluding hydrogens is 486 g/mol. The molecule has 2 amide bonds. The van der Waals surface area contributed by atoms with Gasteiger partial charge in [-0.1, -0.05) is 17.7 Å². The summed E-state index contributed by atoms with van der Waals surface area (Å²) in [7, 11) is 0. The highest BCUT2D eigenvalue weighted by molar-refractivity contribution is 6.30. The Kier molecular flexibility index (Phi) is 6.87. The van der Waals surface area contributed by atoms with Crippen molar-refractivity contribution in [3.63, 3.8) is 0 Å². The number of carbonyl (C=O) groups is 1. The van der Waals surface area contributed by atoms with Gasteiger partial charge in [-0.15, -0.1) is 0 Å². The normalized spacial score (nSPS) is 22.3. The van der Waals surface area contributed by atoms with E-state index in [1.165, 1.54) is 16.3 Å². The van der Waals surface area contributed by atoms with Crippen LogP contribution in [0.4, 0.5) is 4.79 Å². The number of H-pyrrole nitrogens is 1. The third-order valence-electron chi connectivity index (χ3n) is 7.91. The summed E-state index contributed by atoms with van der Waals surface area (Å²) in [6.45, 7) is 2.15. The standard InChI is InChI=1S/C29H32ClN5O2/c30-21-7-11-23(12-8-21)37-18-19-3-2-14-35(17-19)29(36)34-22-9-5-20(6-10-22)25-15-32-28-27(25)24-4-1-13-31-26(24)16-33-28/h1,4,7-8,11-13,15-16,19-20,22,31H,2-3,5-6,9-10,14,17-18H2,(H,34,36). The minimum atomic E-state index is 0.0609. The second-order valence-corrected chi connectivity index (χ2v) is 10.8. The number of hydrogen-bond donors (Lipinski definition) is 2. The number of aromatic amines is 1. The van der Waals surface area contributed by atoms with Gasteiger partial charge in [0.1, 0.15) is 5.75 Å². The number of aromatic nitrogens is 3. The van der Waals surface area contributed by atoms with Crippen LogP contribution in [0.1, 0.15) is 50.0 Å². The molecule has 1 atom stereocenters. The molecule has 37 heavy (non-hydrogen) atoms. The minimum Gasteiger partial charge on any atom is -0.493 e. The molecule has 2 aliphatic rings. The molecule has 1 aromatic carbocycles. The summed E-state index contributed by atoms with van der Waals surface area (Å²) >= 11 is 5.96. The van der Waals surface area contributed by atoms with Crippen molar-refractivity contribution < 1.29 is 9.53 Å². The summed E-state index contributed by atoms with van der Waals surface area (Å²) in [5.41, 5.74) is 3.14. The van der Waals surface area contributed by atoms with Crippen molar-refractivity contribution in [1.82, 2.24) is 25.2 Å². The molecule has 2 N–H and O–H groups in total. The van der Waals surface area contributed by atoms with Crippen LogP contribution in [0.2, 0.25) is 5.02 Å². The first-order chi connectivity index (χ1) is 18.1. The topological polar surface area (TPSA) is 83.1 Å². The monoisotopic (exact) mass is 517 g/mol. The van der Waals surface area contributed by atoms with Crippen molar-refractivity contribution >= 4 is 39.6 Å². The first-order valence-corrected chi connectivity index (χ1v) is 13.7. The van der Waals surface area contributed by atoms with Crippen LogP contribution < -0.4 is 10.1 Å². The van der Waals surface area contributed by atoms with E-state index in [9.17, 15) is 4.79 Å². The average molecular weight is 518 g/mol. The molecule has 1 unspecified atom stereocenters. The van der Waals surface area contributed by atoms with Gasteiger partial charge in [-0.3, -0.25) is 0 Å². The number of likely N-dealkylation sites (tertiary alicyclic amines) is 1. The van der Waals surface area contributed by atoms with Gasteiger partial charge in [0.15, 0.2) is 5.65 Å². The summed E-state index contributed by atoms with van der Waals surface area (Å²) in [5, 5.41) is 6.36. The van der Waals surface area contributed by atoms with Crippen LogP contribution in [-0.2, 0) is 0 Å². The van der Waals surface area contributed by atoms with Crippen LogP contribution in [-0.4, -0.2) is 51.6 Å². The van der Waals surface area contributed by atoms with Crippen molar-refractivity contribution in [2.75, 3.05) is 19.7 Å². The van der Waals surface area contributed by atoms with Crippen molar-refractivity contribution in [2.24, 2.45) is 5.92 Å². The molecule has 6 rings (SSSR count). The number of pyridine rings is 2. The van der Waals surface area contributed by atoms with Crippen LogP contribution in [0.25, 0.3) is 21.9 Å². The number of amides is 2. The summed E-state index contributed by atoms with van der Waals surface area (Å²) in [6.07, 6.45) is 11.9. The third-order valence-corrected chi connectivity index (χ3v) is 8.16. The number of hydrogen-bond acceptors (Lipinski definition) is 4. The molecule has 0 bridgehead atoms. The Morgan fingerprint density at radius 2 is 1.89 bits per heavy atom. The third kappa shape index (κ3) is 5.23. The molecule has 1 saturated heterocycles. The highest BCUT2D eigenvalue weighted by Crippen LogP contribution is 2.38. The molecular formula is C29H32ClN5O2. The van der Waals surface area contributed by atoms with Crippen molar-refractivity contribution in [2.45, 2.75) is 50.5 Å². The summed E-state index contributed by atoms with van der Waals surface area (Å²) in [5.74, 6) is 1.59. The molecule has 4 aromatic rings. The number of piperidine rings is 1. The predicted octanol–water partition coefficient (Wildman–Crippen LogP) is 6.29. The Morgan fingerprint density at radius 1 is 1.08 bits per heavy atom. The van der Waals surface area contributed by atoms with Gasteiger partial charge in [0.25, 0.3) is 0 Å². The van der Waals surface area contributed by atoms with Gasteiger partial charge < -0.3 is 19.9 Å². The van der Waals surface area contributed by atoms with E-state index in [2.05, 4.69) is 26.3 Å². The SMILES string of the molecule is O=C(NC1CCC(c2cnc3ncc4[nH]cccc4c23)CC1)N1CCCC(COc2ccc(Cl)cc2)C1. The van der Waals surface area contributed by atoms with Gasteiger partial charge >= 0.3 is 6.03 Å². The molecule has 7 nitrogen and oxygen atoms in total. The first kappa shape index (κ1) is 24.0. The minimum absolute atomic E-state index is 0.0609. The van der Waals surface area contributed by atoms with E-state index in [0.717, 1.165) is 68.5 Å². The van der Waals surface area contributed by atoms with Gasteiger partial charge in [0.2, 0.25) is 0 Å². The fraction of sp³-hybridized carbons (Fsp3) is 0.414. The van der Waals surface area contributed by atoms with E-state index >= 15 is 0 Å². The van der Waals surface area contributed by atoms with Crippen LogP contribution in [0, 0.1) is 5.92 Å². The smallest absolute Gasteiger partial charge is 0.317 e. The van der Waals surface area contributed by atoms with Crippen LogP contribution in [0.15, 0.2) is 55.0 Å². The zero-order chi connectivity index (χ0) is 25.2. The van der Waals surface area contributed by atoms with Gasteiger partial charge in [0, 0.05) is 53.2 Å². The largest absolute Gasteiger partial charge is 0.493 e. The van der Waals surface area contributed by atoms with E-state index in [0.29, 0.717) is 23.5 Å². The Morgan fingerprint density at radius 3 is 2.73 bits per heavy atom. The number of urea groups is 1. The van der Waals surface area contributed by atoms with Crippen molar-refractivity contribution in [3.05, 3.63) is 65.6 Å². The maximum atomic E-state index is 13.1. The number of rotatable bonds is 5. The zero-order valence-corrected chi connectivity index (χ0v) is 21.6. The number of ether oxygens (including phenoxy) is 1. The zero-order valence-electron chi connectivity index (χ0n) is 20.8. The Balaban J connectivity index is 1.03. The van der Waals surface area contributed by atoms with Crippen LogP contribution in [0.5, 0.6) is 5.75 Å². The number of halogens is 1. The van der Waals surface area contributed by atoms with Gasteiger partial charge in [-0.25, -0.2) is 14.8 Å². The number of fused-ring (bicyclic) bond motifs is 3. The maximum Gasteiger partial charge on any atom is 0.317 e. The number of nitrogens with one attached hydrogen (secondary N) is 2. The van der Waals surface area contributed by atoms with E-state index in [1.807, 2.05) is 53.8 Å². The number of nitrogens with zero attached hydrogens (tertiary/aromatic N) is 3. The quantitative estimate of drug-likeness (QED) is 0.326. The summed E-state index contributed by atoms with van der Waals surface area (Å²) < 4.78 is 5.95. The molecule has 1 aliphatic carbocycles. The van der Waals surface area contributed by atoms with E-state index in [1.54, 1.807) is 0 Å². The highest BCUT2D eigenvalue weighted by atomic mass is 35.5. The number of carbonyl (C=O) groups excluding carboxylic acids is 1. The van der Waals surface area contributed by atoms with Gasteiger partial charge in [-0.2, -0.15) is 0 Å². The van der Waals surface area contributed by atoms with E-state index in [4.69, 9.17) is 16.3 Å². The molecule has 8 heteroatoms. The Bertz CT molecular complexity index is 1380. The first-order valence-electron chi connectivity index (χ1n) is 13.3. The lowest BCUT2D eigenvalue weighted by atomic mass is 9.81. The second-order valence-electron chi connectivity index (χ2n) is 10.4. The van der Waals surface area contributed by atoms with Crippen molar-refractivity contribution in [3.8, 4) is 5.75 Å². The molecule has 1 saturated carbocycles. The van der Waals surface area contributed by atoms with E-state index in [-0.39, 0.29) is 12.1 Å². The summed E-state index contributed by atoms with van der Waals surface area (Å²) in [4.78, 5) is 27.5. The second kappa shape index (κ2) is 10.6. The molecule has 2 fully saturated rings. The van der Waals surface area contributed by atoms with Gasteiger partial charge in [0.05, 0.1) is 18.3 Å². The predicted molar refractivity (Wildman–Crippen MR) is 146 cm³/mol. The van der Waals surface area contributed by atoms with Gasteiger partial charge in [-0.05, 0) is 80.3 Å². The molecule has 0 radical (unpaired) electrons. The fourth-order valence-electron chi connectivity index (χ4n) is 5.92. The number of benzene rings is 1. The Hall–Kier alpha value is -3.32. The molecule has 3 aromatic heterocycles. The lowest BCUT2D eigenvalue weighted by molar-refractivity contribution is 0.133. The van der Waals surface area contributed by atoms with Crippen molar-refractivity contribution in [1.29, 1.82) is 0 Å². The fourth-order valence-corrected chi connectivity index (χ4v) is 6.04. The van der Waals surface area contributed by atoms with E-state index < -0.39 is 0 Å². The van der Waals surface area contributed by atoms with Crippen LogP contribution >= 0.6 is 11.6 Å². The molecule has 192 valence electrons. The lowest BCUT2D eigenvalue weighted by Gasteiger charge is -2.35.